The number of aliphatic hydroxyl groups excluding tert-OH is 1. The number of hydrogen-bond acceptors (Lipinski definition) is 6. The zero-order valence-corrected chi connectivity index (χ0v) is 20.6. The first kappa shape index (κ1) is 26.3. The number of benzene rings is 3. The van der Waals surface area contributed by atoms with E-state index < -0.39 is 30.3 Å². The van der Waals surface area contributed by atoms with Crippen LogP contribution in [0.1, 0.15) is 16.1 Å². The number of hydrogen-bond donors (Lipinski definition) is 3. The van der Waals surface area contributed by atoms with Gasteiger partial charge in [-0.05, 0) is 41.5 Å². The van der Waals surface area contributed by atoms with Gasteiger partial charge in [0, 0.05) is 33.8 Å². The molecule has 4 rings (SSSR count). The summed E-state index contributed by atoms with van der Waals surface area (Å²) in [5.74, 6) is -2.71. The van der Waals surface area contributed by atoms with Crippen LogP contribution >= 0.6 is 23.2 Å². The third-order valence-corrected chi connectivity index (χ3v) is 5.83. The molecule has 0 saturated heterocycles. The minimum atomic E-state index is -1.77. The van der Waals surface area contributed by atoms with Crippen molar-refractivity contribution in [3.05, 3.63) is 100.0 Å². The van der Waals surface area contributed by atoms with Crippen LogP contribution in [0.15, 0.2) is 77.3 Å². The van der Waals surface area contributed by atoms with E-state index in [9.17, 15) is 19.1 Å². The van der Waals surface area contributed by atoms with Crippen molar-refractivity contribution in [3.63, 3.8) is 0 Å². The van der Waals surface area contributed by atoms with Crippen LogP contribution < -0.4 is 5.43 Å². The van der Waals surface area contributed by atoms with Crippen molar-refractivity contribution in [1.82, 2.24) is 15.6 Å². The maximum Gasteiger partial charge on any atom is 0.333 e. The van der Waals surface area contributed by atoms with Gasteiger partial charge < -0.3 is 14.7 Å². The monoisotopic (exact) mass is 543 g/mol. The van der Waals surface area contributed by atoms with E-state index in [-0.39, 0.29) is 12.3 Å². The molecule has 1 amide bonds. The second kappa shape index (κ2) is 11.5. The molecular weight excluding hydrogens is 524 g/mol. The molecule has 0 aliphatic rings. The first-order valence-corrected chi connectivity index (χ1v) is 11.7. The number of nitrogens with zero attached hydrogens (tertiary/aromatic N) is 2. The third-order valence-electron chi connectivity index (χ3n) is 5.36. The number of halogens is 3. The van der Waals surface area contributed by atoms with Crippen molar-refractivity contribution < 1.29 is 28.7 Å². The van der Waals surface area contributed by atoms with Gasteiger partial charge in [-0.15, -0.1) is 0 Å². The van der Waals surface area contributed by atoms with Crippen molar-refractivity contribution in [3.8, 4) is 22.4 Å². The lowest BCUT2D eigenvalue weighted by Crippen LogP contribution is -2.47. The molecule has 1 heterocycles. The number of aliphatic carboxylic acids is 1. The predicted molar refractivity (Wildman–Crippen MR) is 135 cm³/mol. The Balaban J connectivity index is 1.50. The Bertz CT molecular complexity index is 1430. The largest absolute Gasteiger partial charge is 0.479 e. The Morgan fingerprint density at radius 2 is 1.73 bits per heavy atom. The first-order valence-electron chi connectivity index (χ1n) is 10.9. The van der Waals surface area contributed by atoms with Gasteiger partial charge in [0.2, 0.25) is 5.76 Å². The normalized spacial score (nSPS) is 11.9. The van der Waals surface area contributed by atoms with Crippen LogP contribution in [0.4, 0.5) is 4.39 Å². The van der Waals surface area contributed by atoms with E-state index >= 15 is 0 Å². The van der Waals surface area contributed by atoms with E-state index in [2.05, 4.69) is 10.6 Å². The van der Waals surface area contributed by atoms with Crippen molar-refractivity contribution in [1.29, 1.82) is 0 Å². The summed E-state index contributed by atoms with van der Waals surface area (Å²) in [7, 11) is 0. The second-order valence-corrected chi connectivity index (χ2v) is 8.96. The van der Waals surface area contributed by atoms with E-state index in [4.69, 9.17) is 32.8 Å². The van der Waals surface area contributed by atoms with Gasteiger partial charge >= 0.3 is 11.9 Å². The molecule has 4 aromatic rings. The smallest absolute Gasteiger partial charge is 0.333 e. The number of aliphatic hydroxyl groups is 1. The van der Waals surface area contributed by atoms with Gasteiger partial charge in [-0.1, -0.05) is 64.8 Å². The van der Waals surface area contributed by atoms with Crippen molar-refractivity contribution in [2.75, 3.05) is 6.54 Å². The highest BCUT2D eigenvalue weighted by Gasteiger charge is 2.22. The minimum Gasteiger partial charge on any atom is -0.479 e. The fourth-order valence-corrected chi connectivity index (χ4v) is 3.89. The summed E-state index contributed by atoms with van der Waals surface area (Å²) in [6.45, 7) is -0.384. The molecule has 3 N–H and O–H groups in total. The molecule has 0 aliphatic carbocycles. The average molecular weight is 544 g/mol. The number of carbonyl (C=O) groups excluding carboxylic acids is 1. The Kier molecular flexibility index (Phi) is 8.20. The number of hydrazine groups is 1. The van der Waals surface area contributed by atoms with E-state index in [0.717, 1.165) is 0 Å². The fourth-order valence-electron chi connectivity index (χ4n) is 3.53. The minimum absolute atomic E-state index is 0.0314. The number of rotatable bonds is 9. The average Bonchev–Trinajstić information content (AvgIpc) is 3.37. The Morgan fingerprint density at radius 1 is 1.00 bits per heavy atom. The van der Waals surface area contributed by atoms with E-state index in [1.807, 2.05) is 0 Å². The SMILES string of the molecule is O=C(NN(Cc1ccc(-c2cc(Cl)ccc2F)cc1)CC(O)C(=O)O)c1cc(-c2cccc(Cl)c2)no1. The molecule has 8 nitrogen and oxygen atoms in total. The van der Waals surface area contributed by atoms with Crippen LogP contribution in [0.5, 0.6) is 0 Å². The second-order valence-electron chi connectivity index (χ2n) is 8.08. The van der Waals surface area contributed by atoms with Gasteiger partial charge in [0.25, 0.3) is 0 Å². The predicted octanol–water partition coefficient (Wildman–Crippen LogP) is 5.05. The fraction of sp³-hybridized carbons (Fsp3) is 0.115. The van der Waals surface area contributed by atoms with Crippen molar-refractivity contribution in [2.24, 2.45) is 0 Å². The highest BCUT2D eigenvalue weighted by atomic mass is 35.5. The number of carboxylic acid groups (broad SMARTS) is 1. The Labute approximate surface area is 220 Å². The molecule has 1 unspecified atom stereocenters. The number of amides is 1. The number of carboxylic acids is 1. The highest BCUT2D eigenvalue weighted by molar-refractivity contribution is 6.31. The Morgan fingerprint density at radius 3 is 2.43 bits per heavy atom. The molecule has 11 heteroatoms. The summed E-state index contributed by atoms with van der Waals surface area (Å²) < 4.78 is 19.4. The standard InChI is InChI=1S/C26H20Cl2FN3O5/c27-18-3-1-2-17(10-18)22-12-24(37-31-22)25(34)30-32(14-23(33)26(35)36)13-15-4-6-16(7-5-15)20-11-19(28)8-9-21(20)29/h1-12,23,33H,13-14H2,(H,30,34)(H,35,36). The summed E-state index contributed by atoms with van der Waals surface area (Å²) in [6.07, 6.45) is -1.77. The van der Waals surface area contributed by atoms with Gasteiger partial charge in [-0.3, -0.25) is 10.2 Å². The molecule has 0 aliphatic heterocycles. The van der Waals surface area contributed by atoms with Gasteiger partial charge in [0.15, 0.2) is 6.10 Å². The maximum atomic E-state index is 14.2. The first-order chi connectivity index (χ1) is 17.7. The third kappa shape index (κ3) is 6.72. The molecule has 0 fully saturated rings. The molecule has 0 saturated carbocycles. The molecule has 3 aromatic carbocycles. The van der Waals surface area contributed by atoms with Crippen molar-refractivity contribution >= 4 is 35.1 Å². The summed E-state index contributed by atoms with van der Waals surface area (Å²) in [5, 5.41) is 25.0. The maximum absolute atomic E-state index is 14.2. The van der Waals surface area contributed by atoms with Crippen LogP contribution in [-0.2, 0) is 11.3 Å². The van der Waals surface area contributed by atoms with Crippen LogP contribution in [0.25, 0.3) is 22.4 Å². The lowest BCUT2D eigenvalue weighted by Gasteiger charge is -2.24. The van der Waals surface area contributed by atoms with E-state index in [1.54, 1.807) is 48.5 Å². The summed E-state index contributed by atoms with van der Waals surface area (Å²) in [6, 6.07) is 19.2. The van der Waals surface area contributed by atoms with Crippen LogP contribution in [0, 0.1) is 5.82 Å². The highest BCUT2D eigenvalue weighted by Crippen LogP contribution is 2.27. The lowest BCUT2D eigenvalue weighted by atomic mass is 10.0. The zero-order chi connectivity index (χ0) is 26.5. The van der Waals surface area contributed by atoms with Gasteiger partial charge in [0.05, 0.1) is 6.54 Å². The number of nitrogens with one attached hydrogen (secondary N) is 1. The van der Waals surface area contributed by atoms with Crippen LogP contribution in [0.2, 0.25) is 10.0 Å². The van der Waals surface area contributed by atoms with E-state index in [0.29, 0.717) is 38.0 Å². The molecule has 1 aromatic heterocycles. The molecule has 0 radical (unpaired) electrons. The summed E-state index contributed by atoms with van der Waals surface area (Å²) in [5.41, 5.74) is 5.13. The zero-order valence-electron chi connectivity index (χ0n) is 19.1. The molecular formula is C26H20Cl2FN3O5. The summed E-state index contributed by atoms with van der Waals surface area (Å²) in [4.78, 5) is 24.0. The molecule has 1 atom stereocenters. The number of carbonyl (C=O) groups is 2. The van der Waals surface area contributed by atoms with Crippen LogP contribution in [-0.4, -0.2) is 44.9 Å². The van der Waals surface area contributed by atoms with E-state index in [1.165, 1.54) is 29.3 Å². The quantitative estimate of drug-likeness (QED) is 0.253. The molecule has 37 heavy (non-hydrogen) atoms. The molecule has 190 valence electrons. The van der Waals surface area contributed by atoms with Gasteiger partial charge in [-0.2, -0.15) is 0 Å². The van der Waals surface area contributed by atoms with Crippen molar-refractivity contribution in [2.45, 2.75) is 12.6 Å². The molecule has 0 bridgehead atoms. The van der Waals surface area contributed by atoms with Gasteiger partial charge in [0.1, 0.15) is 11.5 Å². The Hall–Kier alpha value is -3.76. The molecule has 0 spiro atoms. The number of aromatic nitrogens is 1. The van der Waals surface area contributed by atoms with Gasteiger partial charge in [-0.25, -0.2) is 14.2 Å². The summed E-state index contributed by atoms with van der Waals surface area (Å²) >= 11 is 12.0. The lowest BCUT2D eigenvalue weighted by molar-refractivity contribution is -0.148. The van der Waals surface area contributed by atoms with Crippen LogP contribution in [0.3, 0.4) is 0 Å². The topological polar surface area (TPSA) is 116 Å².